The summed E-state index contributed by atoms with van der Waals surface area (Å²) in [5.41, 5.74) is 1.15. The molecule has 3 nitrogen and oxygen atoms in total. The monoisotopic (exact) mass is 283 g/mol. The number of hydrogen-bond acceptors (Lipinski definition) is 4. The van der Waals surface area contributed by atoms with Crippen molar-refractivity contribution in [2.75, 3.05) is 32.8 Å². The van der Waals surface area contributed by atoms with E-state index in [-0.39, 0.29) is 6.04 Å². The van der Waals surface area contributed by atoms with Crippen LogP contribution in [0.5, 0.6) is 11.5 Å². The zero-order chi connectivity index (χ0) is 14.3. The predicted molar refractivity (Wildman–Crippen MR) is 83.5 cm³/mol. The lowest BCUT2D eigenvalue weighted by molar-refractivity contribution is 0.394. The van der Waals surface area contributed by atoms with Gasteiger partial charge < -0.3 is 14.8 Å². The van der Waals surface area contributed by atoms with E-state index in [2.05, 4.69) is 25.2 Å². The second kappa shape index (κ2) is 8.33. The molecule has 0 saturated carbocycles. The van der Waals surface area contributed by atoms with Gasteiger partial charge in [0.15, 0.2) is 0 Å². The molecule has 1 aromatic carbocycles. The maximum Gasteiger partial charge on any atom is 0.123 e. The van der Waals surface area contributed by atoms with Crippen molar-refractivity contribution in [3.05, 3.63) is 23.8 Å². The molecule has 108 valence electrons. The van der Waals surface area contributed by atoms with E-state index in [9.17, 15) is 0 Å². The largest absolute Gasteiger partial charge is 0.497 e. The molecule has 19 heavy (non-hydrogen) atoms. The summed E-state index contributed by atoms with van der Waals surface area (Å²) < 4.78 is 10.8. The Balaban J connectivity index is 2.83. The first kappa shape index (κ1) is 16.2. The van der Waals surface area contributed by atoms with E-state index in [1.807, 2.05) is 30.9 Å². The van der Waals surface area contributed by atoms with Gasteiger partial charge in [0.2, 0.25) is 0 Å². The smallest absolute Gasteiger partial charge is 0.123 e. The zero-order valence-electron chi connectivity index (χ0n) is 12.5. The van der Waals surface area contributed by atoms with Gasteiger partial charge in [0, 0.05) is 17.4 Å². The first-order valence-corrected chi connectivity index (χ1v) is 7.74. The van der Waals surface area contributed by atoms with E-state index in [1.54, 1.807) is 14.2 Å². The molecular formula is C15H25NO2S. The SMILES string of the molecule is CNC(CSCC(C)C)c1cc(OC)ccc1OC. The fourth-order valence-electron chi connectivity index (χ4n) is 1.86. The van der Waals surface area contributed by atoms with Crippen LogP contribution in [0.2, 0.25) is 0 Å². The summed E-state index contributed by atoms with van der Waals surface area (Å²) in [6.07, 6.45) is 0. The van der Waals surface area contributed by atoms with E-state index in [0.717, 1.165) is 28.7 Å². The van der Waals surface area contributed by atoms with Gasteiger partial charge >= 0.3 is 0 Å². The van der Waals surface area contributed by atoms with E-state index >= 15 is 0 Å². The first-order valence-electron chi connectivity index (χ1n) is 6.59. The molecule has 1 atom stereocenters. The highest BCUT2D eigenvalue weighted by Crippen LogP contribution is 2.31. The molecule has 1 unspecified atom stereocenters. The first-order chi connectivity index (χ1) is 9.12. The number of methoxy groups -OCH3 is 2. The number of thioether (sulfide) groups is 1. The summed E-state index contributed by atoms with van der Waals surface area (Å²) in [5.74, 6) is 4.69. The van der Waals surface area contributed by atoms with Gasteiger partial charge in [-0.25, -0.2) is 0 Å². The van der Waals surface area contributed by atoms with E-state index < -0.39 is 0 Å². The van der Waals surface area contributed by atoms with Crippen molar-refractivity contribution in [3.8, 4) is 11.5 Å². The molecule has 0 amide bonds. The Bertz CT molecular complexity index is 382. The summed E-state index contributed by atoms with van der Waals surface area (Å²) in [6.45, 7) is 4.49. The lowest BCUT2D eigenvalue weighted by Gasteiger charge is -2.20. The van der Waals surface area contributed by atoms with Crippen LogP contribution in [-0.2, 0) is 0 Å². The van der Waals surface area contributed by atoms with Crippen LogP contribution in [0.4, 0.5) is 0 Å². The number of hydrogen-bond donors (Lipinski definition) is 1. The normalized spacial score (nSPS) is 12.5. The van der Waals surface area contributed by atoms with Crippen LogP contribution in [0.3, 0.4) is 0 Å². The Morgan fingerprint density at radius 1 is 1.16 bits per heavy atom. The number of rotatable bonds is 8. The van der Waals surface area contributed by atoms with Crippen LogP contribution < -0.4 is 14.8 Å². The summed E-state index contributed by atoms with van der Waals surface area (Å²) in [4.78, 5) is 0. The van der Waals surface area contributed by atoms with Gasteiger partial charge in [-0.05, 0) is 36.9 Å². The highest BCUT2D eigenvalue weighted by Gasteiger charge is 2.15. The Morgan fingerprint density at radius 2 is 1.89 bits per heavy atom. The average molecular weight is 283 g/mol. The third kappa shape index (κ3) is 4.96. The van der Waals surface area contributed by atoms with Crippen molar-refractivity contribution < 1.29 is 9.47 Å². The Labute approximate surface area is 121 Å². The van der Waals surface area contributed by atoms with Crippen molar-refractivity contribution in [3.63, 3.8) is 0 Å². The maximum absolute atomic E-state index is 5.45. The molecule has 0 aromatic heterocycles. The minimum absolute atomic E-state index is 0.272. The molecule has 1 N–H and O–H groups in total. The van der Waals surface area contributed by atoms with Crippen LogP contribution >= 0.6 is 11.8 Å². The van der Waals surface area contributed by atoms with Crippen LogP contribution in [0.25, 0.3) is 0 Å². The molecule has 0 fully saturated rings. The van der Waals surface area contributed by atoms with Crippen molar-refractivity contribution in [1.82, 2.24) is 5.32 Å². The quantitative estimate of drug-likeness (QED) is 0.792. The Morgan fingerprint density at radius 3 is 2.42 bits per heavy atom. The Kier molecular flexibility index (Phi) is 7.10. The second-order valence-electron chi connectivity index (χ2n) is 4.88. The third-order valence-corrected chi connectivity index (χ3v) is 4.37. The van der Waals surface area contributed by atoms with E-state index in [4.69, 9.17) is 9.47 Å². The lowest BCUT2D eigenvalue weighted by atomic mass is 10.1. The molecular weight excluding hydrogens is 258 g/mol. The number of ether oxygens (including phenoxy) is 2. The van der Waals surface area contributed by atoms with Gasteiger partial charge in [0.1, 0.15) is 11.5 Å². The van der Waals surface area contributed by atoms with Crippen molar-refractivity contribution in [2.45, 2.75) is 19.9 Å². The minimum Gasteiger partial charge on any atom is -0.497 e. The summed E-state index contributed by atoms with van der Waals surface area (Å²) in [6, 6.07) is 6.21. The third-order valence-electron chi connectivity index (χ3n) is 2.90. The molecule has 0 saturated heterocycles. The number of benzene rings is 1. The molecule has 0 spiro atoms. The van der Waals surface area contributed by atoms with E-state index in [0.29, 0.717) is 0 Å². The van der Waals surface area contributed by atoms with Crippen LogP contribution in [-0.4, -0.2) is 32.8 Å². The maximum atomic E-state index is 5.45. The van der Waals surface area contributed by atoms with Crippen LogP contribution in [0, 0.1) is 5.92 Å². The molecule has 0 heterocycles. The van der Waals surface area contributed by atoms with Crippen molar-refractivity contribution in [1.29, 1.82) is 0 Å². The molecule has 1 aromatic rings. The van der Waals surface area contributed by atoms with Gasteiger partial charge in [-0.3, -0.25) is 0 Å². The van der Waals surface area contributed by atoms with Crippen molar-refractivity contribution in [2.24, 2.45) is 5.92 Å². The molecule has 4 heteroatoms. The molecule has 1 rings (SSSR count). The average Bonchev–Trinajstić information content (AvgIpc) is 2.42. The van der Waals surface area contributed by atoms with E-state index in [1.165, 1.54) is 5.75 Å². The molecule has 0 radical (unpaired) electrons. The Hall–Kier alpha value is -0.870. The van der Waals surface area contributed by atoms with Gasteiger partial charge in [-0.15, -0.1) is 0 Å². The highest BCUT2D eigenvalue weighted by molar-refractivity contribution is 7.99. The van der Waals surface area contributed by atoms with Gasteiger partial charge in [0.05, 0.1) is 14.2 Å². The van der Waals surface area contributed by atoms with Crippen molar-refractivity contribution >= 4 is 11.8 Å². The molecule has 0 aliphatic rings. The summed E-state index contributed by atoms with van der Waals surface area (Å²) >= 11 is 1.96. The fraction of sp³-hybridized carbons (Fsp3) is 0.600. The zero-order valence-corrected chi connectivity index (χ0v) is 13.3. The van der Waals surface area contributed by atoms with Gasteiger partial charge in [0.25, 0.3) is 0 Å². The highest BCUT2D eigenvalue weighted by atomic mass is 32.2. The van der Waals surface area contributed by atoms with Gasteiger partial charge in [-0.2, -0.15) is 11.8 Å². The van der Waals surface area contributed by atoms with Crippen LogP contribution in [0.1, 0.15) is 25.5 Å². The lowest BCUT2D eigenvalue weighted by Crippen LogP contribution is -2.20. The molecule has 0 aliphatic heterocycles. The second-order valence-corrected chi connectivity index (χ2v) is 5.96. The number of nitrogens with one attached hydrogen (secondary N) is 1. The summed E-state index contributed by atoms with van der Waals surface area (Å²) in [7, 11) is 5.38. The van der Waals surface area contributed by atoms with Crippen LogP contribution in [0.15, 0.2) is 18.2 Å². The standard InChI is InChI=1S/C15H25NO2S/c1-11(2)9-19-10-14(16-3)13-8-12(17-4)6-7-15(13)18-5/h6-8,11,14,16H,9-10H2,1-5H3. The molecule has 0 bridgehead atoms. The molecule has 0 aliphatic carbocycles. The fourth-order valence-corrected chi connectivity index (χ4v) is 3.05. The summed E-state index contributed by atoms with van der Waals surface area (Å²) in [5, 5.41) is 3.36. The minimum atomic E-state index is 0.272. The van der Waals surface area contributed by atoms with Gasteiger partial charge in [-0.1, -0.05) is 13.8 Å². The topological polar surface area (TPSA) is 30.5 Å². The predicted octanol–water partition coefficient (Wildman–Crippen LogP) is 3.35.